The number of rotatable bonds is 6. The molecule has 1 heterocycles. The minimum absolute atomic E-state index is 0.212. The van der Waals surface area contributed by atoms with Gasteiger partial charge in [-0.3, -0.25) is 0 Å². The van der Waals surface area contributed by atoms with Crippen LogP contribution in [0.1, 0.15) is 25.5 Å². The highest BCUT2D eigenvalue weighted by molar-refractivity contribution is 7.98. The summed E-state index contributed by atoms with van der Waals surface area (Å²) in [4.78, 5) is 1.15. The summed E-state index contributed by atoms with van der Waals surface area (Å²) >= 11 is 1.69. The van der Waals surface area contributed by atoms with Gasteiger partial charge in [0.15, 0.2) is 5.79 Å². The Morgan fingerprint density at radius 2 is 2.10 bits per heavy atom. The van der Waals surface area contributed by atoms with Gasteiger partial charge in [-0.15, -0.1) is 11.8 Å². The summed E-state index contributed by atoms with van der Waals surface area (Å²) in [5.41, 5.74) is 1.20. The average molecular weight is 297 g/mol. The van der Waals surface area contributed by atoms with Crippen LogP contribution >= 0.6 is 11.8 Å². The minimum Gasteiger partial charge on any atom is -0.496 e. The average Bonchev–Trinajstić information content (AvgIpc) is 2.91. The van der Waals surface area contributed by atoms with Gasteiger partial charge >= 0.3 is 0 Å². The molecule has 1 aromatic carbocycles. The zero-order valence-electron chi connectivity index (χ0n) is 12.6. The third kappa shape index (κ3) is 3.67. The topological polar surface area (TPSA) is 39.7 Å². The zero-order chi connectivity index (χ0) is 14.6. The van der Waals surface area contributed by atoms with Crippen molar-refractivity contribution in [1.29, 1.82) is 0 Å². The molecule has 0 bridgehead atoms. The molecule has 0 spiro atoms. The quantitative estimate of drug-likeness (QED) is 0.818. The van der Waals surface area contributed by atoms with Gasteiger partial charge in [-0.25, -0.2) is 0 Å². The molecule has 1 aromatic rings. The van der Waals surface area contributed by atoms with Crippen LogP contribution in [0.15, 0.2) is 23.1 Å². The van der Waals surface area contributed by atoms with Crippen LogP contribution in [0, 0.1) is 0 Å². The lowest BCUT2D eigenvalue weighted by Crippen LogP contribution is -2.39. The summed E-state index contributed by atoms with van der Waals surface area (Å²) in [5, 5.41) is 3.46. The van der Waals surface area contributed by atoms with Gasteiger partial charge in [-0.1, -0.05) is 6.07 Å². The summed E-state index contributed by atoms with van der Waals surface area (Å²) in [6.45, 7) is 6.11. The fraction of sp³-hybridized carbons (Fsp3) is 0.600. The van der Waals surface area contributed by atoms with Crippen LogP contribution in [-0.2, 0) is 9.47 Å². The summed E-state index contributed by atoms with van der Waals surface area (Å²) in [6, 6.07) is 6.53. The molecule has 1 fully saturated rings. The van der Waals surface area contributed by atoms with E-state index in [9.17, 15) is 0 Å². The Bertz CT molecular complexity index is 447. The van der Waals surface area contributed by atoms with Gasteiger partial charge in [-0.2, -0.15) is 0 Å². The van der Waals surface area contributed by atoms with Crippen LogP contribution in [0.4, 0.5) is 0 Å². The first-order valence-electron chi connectivity index (χ1n) is 6.81. The van der Waals surface area contributed by atoms with Crippen LogP contribution in [0.3, 0.4) is 0 Å². The molecule has 0 aromatic heterocycles. The lowest BCUT2D eigenvalue weighted by Gasteiger charge is -2.25. The van der Waals surface area contributed by atoms with Gasteiger partial charge in [0.05, 0.1) is 20.3 Å². The van der Waals surface area contributed by atoms with E-state index in [0.717, 1.165) is 10.6 Å². The molecular formula is C15H23NO3S. The Kier molecular flexibility index (Phi) is 5.32. The van der Waals surface area contributed by atoms with Gasteiger partial charge in [0, 0.05) is 17.5 Å². The standard InChI is InChI=1S/C15H23NO3S/c1-11(16-10-15(2)18-7-8-19-15)12-5-6-14(20-4)13(9-12)17-3/h5-6,9,11,16H,7-8,10H2,1-4H3. The van der Waals surface area contributed by atoms with Gasteiger partial charge in [0.1, 0.15) is 5.75 Å². The molecule has 5 heteroatoms. The molecule has 4 nitrogen and oxygen atoms in total. The third-order valence-corrected chi connectivity index (χ3v) is 4.31. The highest BCUT2D eigenvalue weighted by Crippen LogP contribution is 2.30. The normalized spacial score (nSPS) is 19.0. The highest BCUT2D eigenvalue weighted by atomic mass is 32.2. The van der Waals surface area contributed by atoms with Crippen LogP contribution in [0.25, 0.3) is 0 Å². The highest BCUT2D eigenvalue weighted by Gasteiger charge is 2.31. The maximum absolute atomic E-state index is 5.60. The Hall–Kier alpha value is -0.750. The van der Waals surface area contributed by atoms with E-state index < -0.39 is 5.79 Å². The number of hydrogen-bond donors (Lipinski definition) is 1. The molecule has 112 valence electrons. The van der Waals surface area contributed by atoms with Crippen molar-refractivity contribution in [2.75, 3.05) is 33.1 Å². The van der Waals surface area contributed by atoms with Crippen molar-refractivity contribution in [3.05, 3.63) is 23.8 Å². The Morgan fingerprint density at radius 3 is 2.70 bits per heavy atom. The first-order valence-corrected chi connectivity index (χ1v) is 8.03. The molecular weight excluding hydrogens is 274 g/mol. The maximum atomic E-state index is 5.60. The van der Waals surface area contributed by atoms with E-state index in [1.807, 2.05) is 6.92 Å². The lowest BCUT2D eigenvalue weighted by molar-refractivity contribution is -0.139. The number of methoxy groups -OCH3 is 1. The fourth-order valence-corrected chi connectivity index (χ4v) is 2.78. The van der Waals surface area contributed by atoms with Gasteiger partial charge in [0.2, 0.25) is 0 Å². The number of hydrogen-bond acceptors (Lipinski definition) is 5. The molecule has 1 N–H and O–H groups in total. The number of benzene rings is 1. The van der Waals surface area contributed by atoms with E-state index in [-0.39, 0.29) is 6.04 Å². The predicted octanol–water partition coefficient (Wildman–Crippen LogP) is 2.83. The lowest BCUT2D eigenvalue weighted by atomic mass is 10.1. The second-order valence-electron chi connectivity index (χ2n) is 5.05. The van der Waals surface area contributed by atoms with Crippen molar-refractivity contribution in [2.45, 2.75) is 30.6 Å². The summed E-state index contributed by atoms with van der Waals surface area (Å²) < 4.78 is 16.6. The van der Waals surface area contributed by atoms with E-state index in [1.54, 1.807) is 18.9 Å². The maximum Gasteiger partial charge on any atom is 0.178 e. The first kappa shape index (κ1) is 15.6. The van der Waals surface area contributed by atoms with E-state index in [4.69, 9.17) is 14.2 Å². The van der Waals surface area contributed by atoms with Crippen LogP contribution in [0.5, 0.6) is 5.75 Å². The third-order valence-electron chi connectivity index (χ3n) is 3.54. The largest absolute Gasteiger partial charge is 0.496 e. The van der Waals surface area contributed by atoms with E-state index in [0.29, 0.717) is 19.8 Å². The number of nitrogens with one attached hydrogen (secondary N) is 1. The van der Waals surface area contributed by atoms with Crippen LogP contribution in [0.2, 0.25) is 0 Å². The van der Waals surface area contributed by atoms with Crippen LogP contribution < -0.4 is 10.1 Å². The second-order valence-corrected chi connectivity index (χ2v) is 5.90. The monoisotopic (exact) mass is 297 g/mol. The summed E-state index contributed by atoms with van der Waals surface area (Å²) in [7, 11) is 1.71. The second kappa shape index (κ2) is 6.80. The first-order chi connectivity index (χ1) is 9.58. The molecule has 1 unspecified atom stereocenters. The summed E-state index contributed by atoms with van der Waals surface area (Å²) in [5.74, 6) is 0.417. The van der Waals surface area contributed by atoms with Crippen molar-refractivity contribution in [1.82, 2.24) is 5.32 Å². The molecule has 0 radical (unpaired) electrons. The molecule has 1 aliphatic heterocycles. The molecule has 1 atom stereocenters. The number of thioether (sulfide) groups is 1. The molecule has 1 saturated heterocycles. The number of ether oxygens (including phenoxy) is 3. The molecule has 0 aliphatic carbocycles. The minimum atomic E-state index is -0.502. The van der Waals surface area contributed by atoms with Crippen molar-refractivity contribution in [3.8, 4) is 5.75 Å². The SMILES string of the molecule is COc1cc(C(C)NCC2(C)OCCO2)ccc1SC. The molecule has 20 heavy (non-hydrogen) atoms. The van der Waals surface area contributed by atoms with Crippen molar-refractivity contribution < 1.29 is 14.2 Å². The van der Waals surface area contributed by atoms with Gasteiger partial charge in [0.25, 0.3) is 0 Å². The molecule has 1 aliphatic rings. The Balaban J connectivity index is 1.99. The van der Waals surface area contributed by atoms with E-state index >= 15 is 0 Å². The van der Waals surface area contributed by atoms with Crippen molar-refractivity contribution in [2.24, 2.45) is 0 Å². The Morgan fingerprint density at radius 1 is 1.40 bits per heavy atom. The molecule has 0 amide bonds. The predicted molar refractivity (Wildman–Crippen MR) is 81.5 cm³/mol. The van der Waals surface area contributed by atoms with Crippen molar-refractivity contribution >= 4 is 11.8 Å². The van der Waals surface area contributed by atoms with Crippen LogP contribution in [-0.4, -0.2) is 38.9 Å². The van der Waals surface area contributed by atoms with Gasteiger partial charge < -0.3 is 19.5 Å². The Labute approximate surface area is 125 Å². The van der Waals surface area contributed by atoms with Crippen molar-refractivity contribution in [3.63, 3.8) is 0 Å². The molecule has 0 saturated carbocycles. The van der Waals surface area contributed by atoms with E-state index in [1.165, 1.54) is 5.56 Å². The fourth-order valence-electron chi connectivity index (χ4n) is 2.24. The zero-order valence-corrected chi connectivity index (χ0v) is 13.4. The summed E-state index contributed by atoms with van der Waals surface area (Å²) in [6.07, 6.45) is 2.05. The molecule has 2 rings (SSSR count). The van der Waals surface area contributed by atoms with Gasteiger partial charge in [-0.05, 0) is 37.8 Å². The van der Waals surface area contributed by atoms with E-state index in [2.05, 4.69) is 36.7 Å². The smallest absolute Gasteiger partial charge is 0.178 e.